The smallest absolute Gasteiger partial charge is 0.338 e. The Bertz CT molecular complexity index is 981. The van der Waals surface area contributed by atoms with Crippen LogP contribution in [0.2, 0.25) is 0 Å². The van der Waals surface area contributed by atoms with Gasteiger partial charge in [-0.3, -0.25) is 9.59 Å². The van der Waals surface area contributed by atoms with E-state index in [2.05, 4.69) is 10.6 Å². The quantitative estimate of drug-likeness (QED) is 0.565. The Hall–Kier alpha value is -3.20. The number of carbonyl (C=O) groups excluding carboxylic acids is 2. The molecule has 0 aromatic heterocycles. The molecule has 31 heavy (non-hydrogen) atoms. The second-order valence-electron chi connectivity index (χ2n) is 7.03. The van der Waals surface area contributed by atoms with Crippen LogP contribution in [0, 0.1) is 5.82 Å². The maximum Gasteiger partial charge on any atom is 0.419 e. The summed E-state index contributed by atoms with van der Waals surface area (Å²) in [6.45, 7) is 2.90. The lowest BCUT2D eigenvalue weighted by Gasteiger charge is -2.17. The summed E-state index contributed by atoms with van der Waals surface area (Å²) in [6, 6.07) is 8.58. The van der Waals surface area contributed by atoms with Crippen molar-refractivity contribution >= 4 is 23.6 Å². The van der Waals surface area contributed by atoms with Crippen LogP contribution in [0.15, 0.2) is 48.5 Å². The predicted molar refractivity (Wildman–Crippen MR) is 109 cm³/mol. The van der Waals surface area contributed by atoms with E-state index >= 15 is 0 Å². The van der Waals surface area contributed by atoms with E-state index in [-0.39, 0.29) is 11.5 Å². The van der Waals surface area contributed by atoms with Gasteiger partial charge in [-0.2, -0.15) is 13.2 Å². The van der Waals surface area contributed by atoms with Crippen molar-refractivity contribution in [1.82, 2.24) is 10.2 Å². The molecule has 0 unspecified atom stereocenters. The molecule has 164 valence electrons. The molecule has 3 rings (SSSR count). The molecular weight excluding hydrogens is 414 g/mol. The lowest BCUT2D eigenvalue weighted by molar-refractivity contribution is -0.140. The second-order valence-corrected chi connectivity index (χ2v) is 7.03. The van der Waals surface area contributed by atoms with Crippen molar-refractivity contribution in [2.75, 3.05) is 31.5 Å². The molecule has 1 heterocycles. The van der Waals surface area contributed by atoms with E-state index in [0.29, 0.717) is 36.5 Å². The number of benzene rings is 2. The van der Waals surface area contributed by atoms with Crippen LogP contribution >= 0.6 is 0 Å². The van der Waals surface area contributed by atoms with Crippen molar-refractivity contribution in [3.05, 3.63) is 71.0 Å². The van der Waals surface area contributed by atoms with Gasteiger partial charge in [0, 0.05) is 37.0 Å². The van der Waals surface area contributed by atoms with Crippen LogP contribution in [0.3, 0.4) is 0 Å². The molecule has 1 fully saturated rings. The van der Waals surface area contributed by atoms with E-state index in [1.165, 1.54) is 6.08 Å². The van der Waals surface area contributed by atoms with Gasteiger partial charge < -0.3 is 15.5 Å². The summed E-state index contributed by atoms with van der Waals surface area (Å²) in [6.07, 6.45) is -0.973. The largest absolute Gasteiger partial charge is 0.419 e. The Balaban J connectivity index is 1.69. The number of rotatable bonds is 4. The number of hydrogen-bond acceptors (Lipinski definition) is 3. The molecule has 2 aromatic carbocycles. The van der Waals surface area contributed by atoms with Crippen LogP contribution in [0.4, 0.5) is 23.2 Å². The van der Waals surface area contributed by atoms with Gasteiger partial charge in [0.05, 0.1) is 5.56 Å². The van der Waals surface area contributed by atoms with Crippen molar-refractivity contribution in [1.29, 1.82) is 0 Å². The highest BCUT2D eigenvalue weighted by Gasteiger charge is 2.34. The summed E-state index contributed by atoms with van der Waals surface area (Å²) < 4.78 is 52.0. The second kappa shape index (κ2) is 9.74. The first kappa shape index (κ1) is 22.5. The highest BCUT2D eigenvalue weighted by molar-refractivity contribution is 6.04. The molecule has 0 saturated carbocycles. The molecule has 1 aliphatic heterocycles. The van der Waals surface area contributed by atoms with Gasteiger partial charge in [-0.05, 0) is 54.9 Å². The first-order chi connectivity index (χ1) is 14.7. The summed E-state index contributed by atoms with van der Waals surface area (Å²) in [5.74, 6) is -2.37. The Labute approximate surface area is 176 Å². The van der Waals surface area contributed by atoms with Gasteiger partial charge in [-0.15, -0.1) is 0 Å². The van der Waals surface area contributed by atoms with Gasteiger partial charge in [0.1, 0.15) is 5.82 Å². The SMILES string of the molecule is O=C(Nc1cccc(C=CC(=O)N2CCCNCC2)c1)c1ccc(F)c(C(F)(F)F)c1. The van der Waals surface area contributed by atoms with E-state index in [1.807, 2.05) is 0 Å². The molecule has 1 aliphatic rings. The van der Waals surface area contributed by atoms with Crippen LogP contribution in [-0.4, -0.2) is 42.9 Å². The van der Waals surface area contributed by atoms with Gasteiger partial charge in [-0.25, -0.2) is 4.39 Å². The fourth-order valence-electron chi connectivity index (χ4n) is 3.15. The summed E-state index contributed by atoms with van der Waals surface area (Å²) in [5, 5.41) is 5.71. The van der Waals surface area contributed by atoms with Gasteiger partial charge in [0.15, 0.2) is 0 Å². The van der Waals surface area contributed by atoms with Crippen molar-refractivity contribution in [2.24, 2.45) is 0 Å². The molecule has 2 N–H and O–H groups in total. The predicted octanol–water partition coefficient (Wildman–Crippen LogP) is 3.93. The molecule has 0 radical (unpaired) electrons. The maximum absolute atomic E-state index is 13.4. The zero-order valence-electron chi connectivity index (χ0n) is 16.5. The third kappa shape index (κ3) is 6.14. The maximum atomic E-state index is 13.4. The van der Waals surface area contributed by atoms with Crippen LogP contribution < -0.4 is 10.6 Å². The molecule has 0 bridgehead atoms. The molecular formula is C22H21F4N3O2. The molecule has 0 spiro atoms. The standard InChI is InChI=1S/C22H21F4N3O2/c23-19-7-6-16(14-18(19)22(24,25)26)21(31)28-17-4-1-3-15(13-17)5-8-20(30)29-11-2-9-27-10-12-29/h1,3-8,13-14,27H,2,9-12H2,(H,28,31). The number of hydrogen-bond donors (Lipinski definition) is 2. The molecule has 2 aromatic rings. The highest BCUT2D eigenvalue weighted by atomic mass is 19.4. The van der Waals surface area contributed by atoms with Gasteiger partial charge in [0.25, 0.3) is 5.91 Å². The minimum atomic E-state index is -4.90. The Morgan fingerprint density at radius 3 is 2.65 bits per heavy atom. The number of anilines is 1. The monoisotopic (exact) mass is 435 g/mol. The van der Waals surface area contributed by atoms with Crippen LogP contribution in [0.1, 0.15) is 27.9 Å². The molecule has 9 heteroatoms. The fourth-order valence-corrected chi connectivity index (χ4v) is 3.15. The lowest BCUT2D eigenvalue weighted by atomic mass is 10.1. The third-order valence-electron chi connectivity index (χ3n) is 4.75. The summed E-state index contributed by atoms with van der Waals surface area (Å²) in [4.78, 5) is 26.4. The van der Waals surface area contributed by atoms with E-state index in [0.717, 1.165) is 25.6 Å². The Morgan fingerprint density at radius 2 is 1.87 bits per heavy atom. The van der Waals surface area contributed by atoms with Crippen LogP contribution in [-0.2, 0) is 11.0 Å². The highest BCUT2D eigenvalue weighted by Crippen LogP contribution is 2.32. The number of halogens is 4. The zero-order valence-corrected chi connectivity index (χ0v) is 16.5. The molecule has 2 amide bonds. The third-order valence-corrected chi connectivity index (χ3v) is 4.75. The summed E-state index contributed by atoms with van der Waals surface area (Å²) >= 11 is 0. The normalized spacial score (nSPS) is 15.0. The van der Waals surface area contributed by atoms with Crippen molar-refractivity contribution < 1.29 is 27.2 Å². The fraction of sp³-hybridized carbons (Fsp3) is 0.273. The molecule has 0 aliphatic carbocycles. The average Bonchev–Trinajstić information content (AvgIpc) is 3.01. The van der Waals surface area contributed by atoms with Gasteiger partial charge >= 0.3 is 6.18 Å². The van der Waals surface area contributed by atoms with Gasteiger partial charge in [0.2, 0.25) is 5.91 Å². The average molecular weight is 435 g/mol. The van der Waals surface area contributed by atoms with Crippen molar-refractivity contribution in [2.45, 2.75) is 12.6 Å². The van der Waals surface area contributed by atoms with E-state index in [4.69, 9.17) is 0 Å². The Morgan fingerprint density at radius 1 is 1.06 bits per heavy atom. The van der Waals surface area contributed by atoms with Crippen LogP contribution in [0.5, 0.6) is 0 Å². The zero-order chi connectivity index (χ0) is 22.4. The van der Waals surface area contributed by atoms with E-state index < -0.39 is 23.5 Å². The Kier molecular flexibility index (Phi) is 7.06. The van der Waals surface area contributed by atoms with Crippen molar-refractivity contribution in [3.63, 3.8) is 0 Å². The first-order valence-electron chi connectivity index (χ1n) is 9.70. The number of amides is 2. The first-order valence-corrected chi connectivity index (χ1v) is 9.70. The number of carbonyl (C=O) groups is 2. The van der Waals surface area contributed by atoms with E-state index in [1.54, 1.807) is 35.2 Å². The number of alkyl halides is 3. The molecule has 5 nitrogen and oxygen atoms in total. The minimum absolute atomic E-state index is 0.121. The van der Waals surface area contributed by atoms with Crippen LogP contribution in [0.25, 0.3) is 6.08 Å². The minimum Gasteiger partial charge on any atom is -0.338 e. The molecule has 0 atom stereocenters. The topological polar surface area (TPSA) is 61.4 Å². The van der Waals surface area contributed by atoms with Crippen molar-refractivity contribution in [3.8, 4) is 0 Å². The number of nitrogens with one attached hydrogen (secondary N) is 2. The summed E-state index contributed by atoms with van der Waals surface area (Å²) in [5.41, 5.74) is -0.857. The lowest BCUT2D eigenvalue weighted by Crippen LogP contribution is -2.32. The molecule has 1 saturated heterocycles. The van der Waals surface area contributed by atoms with Gasteiger partial charge in [-0.1, -0.05) is 12.1 Å². The number of nitrogens with zero attached hydrogens (tertiary/aromatic N) is 1. The summed E-state index contributed by atoms with van der Waals surface area (Å²) in [7, 11) is 0. The van der Waals surface area contributed by atoms with E-state index in [9.17, 15) is 27.2 Å².